The molecule has 8 heteroatoms. The standard InChI is InChI=1S/C18H21N3O5/c1-2-3-8-26-11-6-4-10-5-7-13(12(10)9-11)19-16(23)14-15(22)17(24)21-18(25)20-14/h4,6,9,13,22H,2-3,5,7-8H2,1H3,(H,19,23)(H2,20,21,24,25)/t13-/m0/s1. The second-order valence-corrected chi connectivity index (χ2v) is 6.26. The van der Waals surface area contributed by atoms with Crippen LogP contribution in [0.3, 0.4) is 0 Å². The SMILES string of the molecule is CCCCOc1ccc2c(c1)[C@@H](NC(=O)c1[nH]c(=O)[nH]c(=O)c1O)CC2. The smallest absolute Gasteiger partial charge is 0.326 e. The first-order chi connectivity index (χ1) is 12.5. The Morgan fingerprint density at radius 2 is 2.15 bits per heavy atom. The van der Waals surface area contributed by atoms with Crippen LogP contribution >= 0.6 is 0 Å². The van der Waals surface area contributed by atoms with Gasteiger partial charge in [0, 0.05) is 0 Å². The molecule has 3 rings (SSSR count). The molecule has 26 heavy (non-hydrogen) atoms. The largest absolute Gasteiger partial charge is 0.501 e. The minimum atomic E-state index is -1.00. The van der Waals surface area contributed by atoms with Crippen LogP contribution < -0.4 is 21.3 Å². The van der Waals surface area contributed by atoms with Crippen molar-refractivity contribution >= 4 is 5.91 Å². The predicted molar refractivity (Wildman–Crippen MR) is 94.7 cm³/mol. The van der Waals surface area contributed by atoms with E-state index in [1.54, 1.807) is 0 Å². The first kappa shape index (κ1) is 17.8. The van der Waals surface area contributed by atoms with Crippen LogP contribution in [-0.4, -0.2) is 27.6 Å². The van der Waals surface area contributed by atoms with E-state index < -0.39 is 28.6 Å². The lowest BCUT2D eigenvalue weighted by Gasteiger charge is -2.15. The average Bonchev–Trinajstić information content (AvgIpc) is 3.00. The molecule has 0 bridgehead atoms. The number of hydrogen-bond donors (Lipinski definition) is 4. The molecule has 1 aromatic heterocycles. The molecule has 0 saturated heterocycles. The van der Waals surface area contributed by atoms with Crippen molar-refractivity contribution in [2.45, 2.75) is 38.6 Å². The molecule has 1 aromatic carbocycles. The van der Waals surface area contributed by atoms with Gasteiger partial charge in [-0.1, -0.05) is 19.4 Å². The summed E-state index contributed by atoms with van der Waals surface area (Å²) in [6.07, 6.45) is 3.50. The fourth-order valence-electron chi connectivity index (χ4n) is 3.03. The predicted octanol–water partition coefficient (Wildman–Crippen LogP) is 1.36. The van der Waals surface area contributed by atoms with E-state index in [1.165, 1.54) is 0 Å². The number of carbonyl (C=O) groups excluding carboxylic acids is 1. The highest BCUT2D eigenvalue weighted by Gasteiger charge is 2.26. The second-order valence-electron chi connectivity index (χ2n) is 6.26. The van der Waals surface area contributed by atoms with Crippen LogP contribution in [0, 0.1) is 0 Å². The summed E-state index contributed by atoms with van der Waals surface area (Å²) >= 11 is 0. The van der Waals surface area contributed by atoms with E-state index in [9.17, 15) is 19.5 Å². The van der Waals surface area contributed by atoms with Gasteiger partial charge in [-0.15, -0.1) is 0 Å². The maximum Gasteiger partial charge on any atom is 0.326 e. The minimum Gasteiger partial charge on any atom is -0.501 e. The van der Waals surface area contributed by atoms with Gasteiger partial charge >= 0.3 is 5.69 Å². The lowest BCUT2D eigenvalue weighted by molar-refractivity contribution is 0.0927. The molecule has 0 unspecified atom stereocenters. The van der Waals surface area contributed by atoms with Gasteiger partial charge in [0.15, 0.2) is 5.69 Å². The normalized spacial score (nSPS) is 15.5. The van der Waals surface area contributed by atoms with E-state index in [1.807, 2.05) is 23.2 Å². The summed E-state index contributed by atoms with van der Waals surface area (Å²) in [5.74, 6) is -0.774. The second kappa shape index (κ2) is 7.47. The number of fused-ring (bicyclic) bond motifs is 1. The minimum absolute atomic E-state index is 0.283. The first-order valence-corrected chi connectivity index (χ1v) is 8.61. The number of aromatic nitrogens is 2. The topological polar surface area (TPSA) is 124 Å². The molecular formula is C18H21N3O5. The van der Waals surface area contributed by atoms with Crippen LogP contribution in [0.25, 0.3) is 0 Å². The lowest BCUT2D eigenvalue weighted by Crippen LogP contribution is -2.33. The number of nitrogens with one attached hydrogen (secondary N) is 3. The van der Waals surface area contributed by atoms with Crippen LogP contribution in [0.15, 0.2) is 27.8 Å². The summed E-state index contributed by atoms with van der Waals surface area (Å²) in [7, 11) is 0. The first-order valence-electron chi connectivity index (χ1n) is 8.61. The van der Waals surface area contributed by atoms with Crippen LogP contribution in [0.4, 0.5) is 0 Å². The van der Waals surface area contributed by atoms with E-state index in [0.29, 0.717) is 13.0 Å². The Bertz CT molecular complexity index is 931. The number of benzene rings is 1. The maximum atomic E-state index is 12.4. The zero-order valence-electron chi connectivity index (χ0n) is 14.4. The number of unbranched alkanes of at least 4 members (excludes halogenated alkanes) is 1. The van der Waals surface area contributed by atoms with Gasteiger partial charge in [0.2, 0.25) is 5.75 Å². The summed E-state index contributed by atoms with van der Waals surface area (Å²) in [4.78, 5) is 39.2. The van der Waals surface area contributed by atoms with Crippen molar-refractivity contribution < 1.29 is 14.6 Å². The Morgan fingerprint density at radius 1 is 1.35 bits per heavy atom. The monoisotopic (exact) mass is 359 g/mol. The fraction of sp³-hybridized carbons (Fsp3) is 0.389. The zero-order chi connectivity index (χ0) is 18.7. The van der Waals surface area contributed by atoms with Gasteiger partial charge in [-0.05, 0) is 42.5 Å². The number of amides is 1. The third-order valence-electron chi connectivity index (χ3n) is 4.41. The van der Waals surface area contributed by atoms with Gasteiger partial charge in [0.1, 0.15) is 5.75 Å². The molecule has 2 aromatic rings. The summed E-state index contributed by atoms with van der Waals surface area (Å²) in [5.41, 5.74) is -0.239. The number of rotatable bonds is 6. The summed E-state index contributed by atoms with van der Waals surface area (Å²) in [5, 5.41) is 12.5. The van der Waals surface area contributed by atoms with Gasteiger partial charge in [0.05, 0.1) is 12.6 Å². The third-order valence-corrected chi connectivity index (χ3v) is 4.41. The number of carbonyl (C=O) groups is 1. The van der Waals surface area contributed by atoms with E-state index in [2.05, 4.69) is 17.2 Å². The molecule has 1 amide bonds. The molecule has 1 aliphatic rings. The van der Waals surface area contributed by atoms with Gasteiger partial charge < -0.3 is 15.2 Å². The highest BCUT2D eigenvalue weighted by Crippen LogP contribution is 2.34. The Kier molecular flexibility index (Phi) is 5.11. The molecule has 4 N–H and O–H groups in total. The van der Waals surface area contributed by atoms with Crippen molar-refractivity contribution in [2.75, 3.05) is 6.61 Å². The van der Waals surface area contributed by atoms with Crippen molar-refractivity contribution in [2.24, 2.45) is 0 Å². The van der Waals surface area contributed by atoms with Crippen LogP contribution in [0.1, 0.15) is 53.8 Å². The highest BCUT2D eigenvalue weighted by molar-refractivity contribution is 5.94. The molecule has 0 spiro atoms. The molecule has 0 saturated carbocycles. The van der Waals surface area contributed by atoms with Crippen molar-refractivity contribution in [3.05, 3.63) is 55.9 Å². The third kappa shape index (κ3) is 3.63. The van der Waals surface area contributed by atoms with Crippen LogP contribution in [-0.2, 0) is 6.42 Å². The summed E-state index contributed by atoms with van der Waals surface area (Å²) < 4.78 is 5.71. The van der Waals surface area contributed by atoms with Crippen molar-refractivity contribution in [3.63, 3.8) is 0 Å². The molecule has 1 atom stereocenters. The van der Waals surface area contributed by atoms with E-state index in [0.717, 1.165) is 36.1 Å². The Labute approximate surface area is 149 Å². The van der Waals surface area contributed by atoms with Crippen LogP contribution in [0.5, 0.6) is 11.5 Å². The Balaban J connectivity index is 1.79. The Hall–Kier alpha value is -3.03. The molecular weight excluding hydrogens is 338 g/mol. The molecule has 138 valence electrons. The molecule has 0 aliphatic heterocycles. The van der Waals surface area contributed by atoms with Crippen molar-refractivity contribution in [1.29, 1.82) is 0 Å². The van der Waals surface area contributed by atoms with Gasteiger partial charge in [-0.25, -0.2) is 4.79 Å². The summed E-state index contributed by atoms with van der Waals surface area (Å²) in [6, 6.07) is 5.52. The van der Waals surface area contributed by atoms with E-state index in [-0.39, 0.29) is 6.04 Å². The number of H-pyrrole nitrogens is 2. The molecule has 8 nitrogen and oxygen atoms in total. The van der Waals surface area contributed by atoms with E-state index in [4.69, 9.17) is 4.74 Å². The quantitative estimate of drug-likeness (QED) is 0.580. The molecule has 0 fully saturated rings. The average molecular weight is 359 g/mol. The lowest BCUT2D eigenvalue weighted by atomic mass is 10.1. The number of aromatic hydroxyl groups is 1. The van der Waals surface area contributed by atoms with Crippen LogP contribution in [0.2, 0.25) is 0 Å². The number of ether oxygens (including phenoxy) is 1. The van der Waals surface area contributed by atoms with E-state index >= 15 is 0 Å². The van der Waals surface area contributed by atoms with Crippen molar-refractivity contribution in [3.8, 4) is 11.5 Å². The molecule has 1 heterocycles. The number of aryl methyl sites for hydroxylation is 1. The van der Waals surface area contributed by atoms with Crippen molar-refractivity contribution in [1.82, 2.24) is 15.3 Å². The van der Waals surface area contributed by atoms with Gasteiger partial charge in [-0.3, -0.25) is 19.6 Å². The van der Waals surface area contributed by atoms with Gasteiger partial charge in [0.25, 0.3) is 11.5 Å². The maximum absolute atomic E-state index is 12.4. The highest BCUT2D eigenvalue weighted by atomic mass is 16.5. The zero-order valence-corrected chi connectivity index (χ0v) is 14.4. The number of hydrogen-bond acceptors (Lipinski definition) is 5. The fourth-order valence-corrected chi connectivity index (χ4v) is 3.03. The Morgan fingerprint density at radius 3 is 2.92 bits per heavy atom. The molecule has 0 radical (unpaired) electrons. The van der Waals surface area contributed by atoms with Gasteiger partial charge in [-0.2, -0.15) is 0 Å². The number of aromatic amines is 2. The summed E-state index contributed by atoms with van der Waals surface area (Å²) in [6.45, 7) is 2.72. The molecule has 1 aliphatic carbocycles.